The van der Waals surface area contributed by atoms with Crippen molar-refractivity contribution in [2.45, 2.75) is 6.92 Å². The number of hydrogen-bond donors (Lipinski definition) is 2. The molecule has 0 aliphatic heterocycles. The molecule has 2 N–H and O–H groups in total. The Morgan fingerprint density at radius 3 is 2.46 bits per heavy atom. The van der Waals surface area contributed by atoms with Crippen LogP contribution in [0, 0.1) is 0 Å². The van der Waals surface area contributed by atoms with Crippen molar-refractivity contribution < 1.29 is 24.2 Å². The number of carbonyl (C=O) groups excluding carboxylic acids is 1. The average molecular weight is 351 g/mol. The first-order valence-electron chi connectivity index (χ1n) is 6.81. The summed E-state index contributed by atoms with van der Waals surface area (Å²) in [5.74, 6) is -0.686. The highest BCUT2D eigenvalue weighted by Crippen LogP contribution is 2.36. The molecular formula is C16H15ClN2O5. The number of pyridine rings is 1. The number of amides is 1. The Labute approximate surface area is 143 Å². The van der Waals surface area contributed by atoms with Crippen molar-refractivity contribution in [2.75, 3.05) is 19.5 Å². The van der Waals surface area contributed by atoms with E-state index in [0.717, 1.165) is 0 Å². The quantitative estimate of drug-likeness (QED) is 0.860. The molecule has 1 aromatic carbocycles. The normalized spacial score (nSPS) is 10.2. The van der Waals surface area contributed by atoms with E-state index in [0.29, 0.717) is 17.1 Å². The van der Waals surface area contributed by atoms with Crippen molar-refractivity contribution in [1.29, 1.82) is 0 Å². The highest BCUT2D eigenvalue weighted by atomic mass is 35.5. The van der Waals surface area contributed by atoms with Crippen LogP contribution in [0.3, 0.4) is 0 Å². The first-order chi connectivity index (χ1) is 11.4. The van der Waals surface area contributed by atoms with Crippen LogP contribution in [-0.2, 0) is 4.79 Å². The molecule has 0 saturated carbocycles. The van der Waals surface area contributed by atoms with Gasteiger partial charge in [0.25, 0.3) is 0 Å². The van der Waals surface area contributed by atoms with Crippen molar-refractivity contribution in [3.05, 3.63) is 35.0 Å². The maximum absolute atomic E-state index is 11.4. The van der Waals surface area contributed by atoms with Crippen LogP contribution in [0.2, 0.25) is 5.02 Å². The minimum absolute atomic E-state index is 0.149. The maximum atomic E-state index is 11.4. The molecule has 7 nitrogen and oxygen atoms in total. The van der Waals surface area contributed by atoms with E-state index in [4.69, 9.17) is 21.1 Å². The van der Waals surface area contributed by atoms with Gasteiger partial charge in [-0.1, -0.05) is 11.6 Å². The van der Waals surface area contributed by atoms with Crippen molar-refractivity contribution in [3.8, 4) is 22.8 Å². The molecule has 1 aromatic heterocycles. The highest BCUT2D eigenvalue weighted by molar-refractivity contribution is 6.36. The van der Waals surface area contributed by atoms with Crippen LogP contribution >= 0.6 is 11.6 Å². The second-order valence-electron chi connectivity index (χ2n) is 4.77. The van der Waals surface area contributed by atoms with Crippen molar-refractivity contribution in [1.82, 2.24) is 4.98 Å². The summed E-state index contributed by atoms with van der Waals surface area (Å²) in [6, 6.07) is 6.50. The fourth-order valence-corrected chi connectivity index (χ4v) is 2.33. The van der Waals surface area contributed by atoms with Gasteiger partial charge in [-0.2, -0.15) is 0 Å². The Kier molecular flexibility index (Phi) is 5.25. The predicted molar refractivity (Wildman–Crippen MR) is 89.1 cm³/mol. The van der Waals surface area contributed by atoms with E-state index in [9.17, 15) is 14.7 Å². The minimum Gasteiger partial charge on any atom is -0.497 e. The maximum Gasteiger partial charge on any atom is 0.356 e. The zero-order chi connectivity index (χ0) is 17.9. The summed E-state index contributed by atoms with van der Waals surface area (Å²) < 4.78 is 10.5. The van der Waals surface area contributed by atoms with Crippen molar-refractivity contribution in [3.63, 3.8) is 0 Å². The van der Waals surface area contributed by atoms with E-state index in [-0.39, 0.29) is 28.0 Å². The number of carboxylic acid groups (broad SMARTS) is 1. The molecular weight excluding hydrogens is 336 g/mol. The van der Waals surface area contributed by atoms with Gasteiger partial charge < -0.3 is 19.9 Å². The third kappa shape index (κ3) is 3.57. The number of anilines is 1. The Hall–Kier alpha value is -2.80. The first kappa shape index (κ1) is 17.6. The zero-order valence-electron chi connectivity index (χ0n) is 13.2. The largest absolute Gasteiger partial charge is 0.497 e. The van der Waals surface area contributed by atoms with Gasteiger partial charge in [0.2, 0.25) is 5.91 Å². The van der Waals surface area contributed by atoms with Gasteiger partial charge in [-0.15, -0.1) is 0 Å². The second-order valence-corrected chi connectivity index (χ2v) is 5.15. The lowest BCUT2D eigenvalue weighted by atomic mass is 10.1. The summed E-state index contributed by atoms with van der Waals surface area (Å²) in [5, 5.41) is 11.7. The number of methoxy groups -OCH3 is 2. The van der Waals surface area contributed by atoms with E-state index in [2.05, 4.69) is 10.3 Å². The molecule has 1 heterocycles. The Morgan fingerprint density at radius 1 is 1.21 bits per heavy atom. The van der Waals surface area contributed by atoms with Gasteiger partial charge in [0.05, 0.1) is 30.6 Å². The number of ether oxygens (including phenoxy) is 2. The van der Waals surface area contributed by atoms with Gasteiger partial charge in [-0.05, 0) is 24.3 Å². The molecule has 1 amide bonds. The lowest BCUT2D eigenvalue weighted by Crippen LogP contribution is -2.11. The molecule has 0 radical (unpaired) electrons. The monoisotopic (exact) mass is 350 g/mol. The average Bonchev–Trinajstić information content (AvgIpc) is 2.55. The molecule has 0 spiro atoms. The fourth-order valence-electron chi connectivity index (χ4n) is 2.10. The van der Waals surface area contributed by atoms with E-state index < -0.39 is 5.97 Å². The van der Waals surface area contributed by atoms with E-state index in [1.54, 1.807) is 18.2 Å². The van der Waals surface area contributed by atoms with Crippen LogP contribution in [-0.4, -0.2) is 36.2 Å². The summed E-state index contributed by atoms with van der Waals surface area (Å²) in [6.07, 6.45) is 0. The number of nitrogens with one attached hydrogen (secondary N) is 1. The van der Waals surface area contributed by atoms with Crippen LogP contribution in [0.4, 0.5) is 5.69 Å². The summed E-state index contributed by atoms with van der Waals surface area (Å²) in [6.45, 7) is 1.29. The third-order valence-electron chi connectivity index (χ3n) is 3.15. The van der Waals surface area contributed by atoms with E-state index >= 15 is 0 Å². The second kappa shape index (κ2) is 7.18. The lowest BCUT2D eigenvalue weighted by molar-refractivity contribution is -0.114. The summed E-state index contributed by atoms with van der Waals surface area (Å²) in [4.78, 5) is 26.8. The third-order valence-corrected chi connectivity index (χ3v) is 3.54. The number of aromatic carboxylic acids is 1. The minimum atomic E-state index is -1.31. The summed E-state index contributed by atoms with van der Waals surface area (Å²) in [5.41, 5.74) is 0.554. The number of carbonyl (C=O) groups is 2. The number of hydrogen-bond acceptors (Lipinski definition) is 5. The van der Waals surface area contributed by atoms with Gasteiger partial charge in [0, 0.05) is 12.5 Å². The molecule has 0 bridgehead atoms. The highest BCUT2D eigenvalue weighted by Gasteiger charge is 2.20. The summed E-state index contributed by atoms with van der Waals surface area (Å²) >= 11 is 6.03. The lowest BCUT2D eigenvalue weighted by Gasteiger charge is -2.13. The Bertz CT molecular complexity index is 807. The van der Waals surface area contributed by atoms with E-state index in [1.165, 1.54) is 27.2 Å². The number of carboxylic acids is 1. The molecule has 0 aliphatic carbocycles. The SMILES string of the molecule is COc1ccc(OC)c(-c2cc(NC(C)=O)c(Cl)c(C(=O)O)n2)c1. The van der Waals surface area contributed by atoms with Crippen LogP contribution in [0.1, 0.15) is 17.4 Å². The standard InChI is InChI=1S/C16H15ClN2O5/c1-8(20)18-12-7-11(19-15(14(12)17)16(21)22)10-6-9(23-2)4-5-13(10)24-3/h4-7H,1-3H3,(H,21,22)(H,18,19,20). The van der Waals surface area contributed by atoms with Gasteiger partial charge in [0.1, 0.15) is 11.5 Å². The fraction of sp³-hybridized carbons (Fsp3) is 0.188. The van der Waals surface area contributed by atoms with Gasteiger partial charge >= 0.3 is 5.97 Å². The van der Waals surface area contributed by atoms with Crippen LogP contribution in [0.25, 0.3) is 11.3 Å². The molecule has 0 aliphatic rings. The Balaban J connectivity index is 2.72. The topological polar surface area (TPSA) is 97.8 Å². The number of nitrogens with zero attached hydrogens (tertiary/aromatic N) is 1. The van der Waals surface area contributed by atoms with Gasteiger partial charge in [0.15, 0.2) is 5.69 Å². The number of aromatic nitrogens is 1. The number of halogens is 1. The zero-order valence-corrected chi connectivity index (χ0v) is 14.0. The Morgan fingerprint density at radius 2 is 1.92 bits per heavy atom. The predicted octanol–water partition coefficient (Wildman–Crippen LogP) is 3.08. The molecule has 126 valence electrons. The molecule has 0 fully saturated rings. The molecule has 0 unspecified atom stereocenters. The summed E-state index contributed by atoms with van der Waals surface area (Å²) in [7, 11) is 2.99. The smallest absolute Gasteiger partial charge is 0.356 e. The molecule has 24 heavy (non-hydrogen) atoms. The number of rotatable bonds is 5. The molecule has 0 atom stereocenters. The van der Waals surface area contributed by atoms with Crippen LogP contribution < -0.4 is 14.8 Å². The first-order valence-corrected chi connectivity index (χ1v) is 7.19. The number of benzene rings is 1. The van der Waals surface area contributed by atoms with Gasteiger partial charge in [-0.3, -0.25) is 4.79 Å². The van der Waals surface area contributed by atoms with Gasteiger partial charge in [-0.25, -0.2) is 9.78 Å². The molecule has 0 saturated heterocycles. The van der Waals surface area contributed by atoms with Crippen LogP contribution in [0.5, 0.6) is 11.5 Å². The van der Waals surface area contributed by atoms with E-state index in [1.807, 2.05) is 0 Å². The molecule has 8 heteroatoms. The van der Waals surface area contributed by atoms with Crippen LogP contribution in [0.15, 0.2) is 24.3 Å². The molecule has 2 aromatic rings. The van der Waals surface area contributed by atoms with Crippen molar-refractivity contribution in [2.24, 2.45) is 0 Å². The van der Waals surface area contributed by atoms with Crippen molar-refractivity contribution >= 4 is 29.2 Å². The molecule has 2 rings (SSSR count).